The molecule has 0 saturated carbocycles. The van der Waals surface area contributed by atoms with Gasteiger partial charge in [-0.1, -0.05) is 6.07 Å². The summed E-state index contributed by atoms with van der Waals surface area (Å²) < 4.78 is 15.9. The molecule has 1 aromatic heterocycles. The fourth-order valence-electron chi connectivity index (χ4n) is 3.65. The number of morpholine rings is 1. The zero-order chi connectivity index (χ0) is 22.5. The Balaban J connectivity index is 1.45. The number of ether oxygens (including phenoxy) is 3. The van der Waals surface area contributed by atoms with Crippen molar-refractivity contribution in [1.82, 2.24) is 15.3 Å². The van der Waals surface area contributed by atoms with E-state index in [2.05, 4.69) is 15.3 Å². The van der Waals surface area contributed by atoms with Gasteiger partial charge in [0.15, 0.2) is 11.5 Å². The molecule has 3 aromatic rings. The van der Waals surface area contributed by atoms with Gasteiger partial charge in [0, 0.05) is 25.2 Å². The summed E-state index contributed by atoms with van der Waals surface area (Å²) in [5.74, 6) is 1.59. The molecule has 2 heterocycles. The minimum Gasteiger partial charge on any atom is -0.493 e. The molecule has 2 N–H and O–H groups in total. The maximum absolute atomic E-state index is 12.7. The Hall–Kier alpha value is -3.59. The molecule has 0 spiro atoms. The third-order valence-electron chi connectivity index (χ3n) is 5.41. The van der Waals surface area contributed by atoms with Gasteiger partial charge in [0.25, 0.3) is 11.5 Å². The molecule has 0 radical (unpaired) electrons. The van der Waals surface area contributed by atoms with Gasteiger partial charge < -0.3 is 24.4 Å². The second kappa shape index (κ2) is 9.69. The molecule has 0 atom stereocenters. The average molecular weight is 438 g/mol. The number of aromatic amines is 1. The lowest BCUT2D eigenvalue weighted by atomic mass is 10.1. The monoisotopic (exact) mass is 438 g/mol. The highest BCUT2D eigenvalue weighted by Gasteiger charge is 2.16. The molecule has 1 saturated heterocycles. The summed E-state index contributed by atoms with van der Waals surface area (Å²) in [6.45, 7) is 2.94. The first-order valence-corrected chi connectivity index (χ1v) is 10.4. The molecule has 1 aliphatic heterocycles. The van der Waals surface area contributed by atoms with Crippen LogP contribution in [-0.2, 0) is 11.2 Å². The molecule has 4 rings (SSSR count). The van der Waals surface area contributed by atoms with Gasteiger partial charge in [0.05, 0.1) is 38.3 Å². The second-order valence-corrected chi connectivity index (χ2v) is 7.42. The number of anilines is 1. The number of hydrogen-bond donors (Lipinski definition) is 2. The summed E-state index contributed by atoms with van der Waals surface area (Å²) >= 11 is 0. The maximum atomic E-state index is 12.7. The minimum atomic E-state index is -0.225. The van der Waals surface area contributed by atoms with Crippen LogP contribution in [0.5, 0.6) is 11.5 Å². The van der Waals surface area contributed by atoms with Crippen molar-refractivity contribution in [2.75, 3.05) is 52.0 Å². The molecule has 32 heavy (non-hydrogen) atoms. The normalized spacial score (nSPS) is 13.8. The van der Waals surface area contributed by atoms with Crippen LogP contribution in [0.2, 0.25) is 0 Å². The van der Waals surface area contributed by atoms with Gasteiger partial charge in [-0.2, -0.15) is 0 Å². The van der Waals surface area contributed by atoms with Gasteiger partial charge in [-0.05, 0) is 42.3 Å². The van der Waals surface area contributed by atoms with Gasteiger partial charge in [-0.3, -0.25) is 14.6 Å². The first-order chi connectivity index (χ1) is 15.6. The summed E-state index contributed by atoms with van der Waals surface area (Å²) in [7, 11) is 3.18. The summed E-state index contributed by atoms with van der Waals surface area (Å²) in [6, 6.07) is 10.6. The van der Waals surface area contributed by atoms with Gasteiger partial charge in [0.2, 0.25) is 5.95 Å². The number of rotatable bonds is 7. The highest BCUT2D eigenvalue weighted by atomic mass is 16.5. The number of aromatic nitrogens is 2. The molecule has 1 amide bonds. The Labute approximate surface area is 185 Å². The summed E-state index contributed by atoms with van der Waals surface area (Å²) in [5, 5.41) is 3.37. The molecule has 0 unspecified atom stereocenters. The first kappa shape index (κ1) is 21.6. The van der Waals surface area contributed by atoms with Gasteiger partial charge >= 0.3 is 0 Å². The van der Waals surface area contributed by atoms with Crippen LogP contribution in [0.3, 0.4) is 0 Å². The van der Waals surface area contributed by atoms with Crippen molar-refractivity contribution in [2.24, 2.45) is 0 Å². The minimum absolute atomic E-state index is 0.220. The second-order valence-electron chi connectivity index (χ2n) is 7.42. The third kappa shape index (κ3) is 4.67. The average Bonchev–Trinajstić information content (AvgIpc) is 2.84. The fraction of sp³-hybridized carbons (Fsp3) is 0.348. The van der Waals surface area contributed by atoms with E-state index in [9.17, 15) is 9.59 Å². The van der Waals surface area contributed by atoms with E-state index in [4.69, 9.17) is 14.2 Å². The van der Waals surface area contributed by atoms with Crippen LogP contribution in [0.1, 0.15) is 15.9 Å². The lowest BCUT2D eigenvalue weighted by Gasteiger charge is -2.27. The number of nitrogens with one attached hydrogen (secondary N) is 2. The lowest BCUT2D eigenvalue weighted by molar-refractivity contribution is 0.0954. The van der Waals surface area contributed by atoms with Crippen LogP contribution in [0, 0.1) is 0 Å². The van der Waals surface area contributed by atoms with Crippen LogP contribution in [0.15, 0.2) is 41.2 Å². The molecular weight excluding hydrogens is 412 g/mol. The molecule has 168 valence electrons. The van der Waals surface area contributed by atoms with E-state index in [0.29, 0.717) is 73.2 Å². The van der Waals surface area contributed by atoms with Crippen molar-refractivity contribution in [3.63, 3.8) is 0 Å². The zero-order valence-electron chi connectivity index (χ0n) is 18.1. The van der Waals surface area contributed by atoms with E-state index < -0.39 is 0 Å². The molecule has 0 aliphatic carbocycles. The lowest BCUT2D eigenvalue weighted by Crippen LogP contribution is -2.38. The van der Waals surface area contributed by atoms with Crippen molar-refractivity contribution in [2.45, 2.75) is 6.42 Å². The number of methoxy groups -OCH3 is 2. The number of nitrogens with zero attached hydrogens (tertiary/aromatic N) is 2. The van der Waals surface area contributed by atoms with E-state index in [1.165, 1.54) is 0 Å². The maximum Gasteiger partial charge on any atom is 0.260 e. The Kier molecular flexibility index (Phi) is 6.55. The van der Waals surface area contributed by atoms with Gasteiger partial charge in [-0.15, -0.1) is 0 Å². The number of carbonyl (C=O) groups is 1. The Morgan fingerprint density at radius 1 is 1.12 bits per heavy atom. The number of H-pyrrole nitrogens is 1. The Morgan fingerprint density at radius 2 is 1.91 bits per heavy atom. The SMILES string of the molecule is COc1ccc(CCNC(=O)c2ccc3c(=O)[nH]c(N4CCOCC4)nc3c2)cc1OC. The van der Waals surface area contributed by atoms with Crippen LogP contribution >= 0.6 is 0 Å². The van der Waals surface area contributed by atoms with Crippen LogP contribution in [-0.4, -0.2) is 62.9 Å². The van der Waals surface area contributed by atoms with Crippen LogP contribution in [0.25, 0.3) is 10.9 Å². The molecular formula is C23H26N4O5. The summed E-state index contributed by atoms with van der Waals surface area (Å²) in [6.07, 6.45) is 0.638. The van der Waals surface area contributed by atoms with E-state index in [-0.39, 0.29) is 11.5 Å². The van der Waals surface area contributed by atoms with Crippen LogP contribution < -0.4 is 25.2 Å². The standard InChI is InChI=1S/C23H26N4O5/c1-30-19-6-3-15(13-20(19)31-2)7-8-24-21(28)16-4-5-17-18(14-16)25-23(26-22(17)29)27-9-11-32-12-10-27/h3-6,13-14H,7-12H2,1-2H3,(H,24,28)(H,25,26,29). The molecule has 1 aliphatic rings. The topological polar surface area (TPSA) is 106 Å². The Bertz CT molecular complexity index is 1170. The van der Waals surface area contributed by atoms with Crippen molar-refractivity contribution < 1.29 is 19.0 Å². The Morgan fingerprint density at radius 3 is 2.66 bits per heavy atom. The number of benzene rings is 2. The highest BCUT2D eigenvalue weighted by molar-refractivity contribution is 5.97. The van der Waals surface area contributed by atoms with Crippen molar-refractivity contribution in [3.8, 4) is 11.5 Å². The van der Waals surface area contributed by atoms with E-state index in [1.807, 2.05) is 23.1 Å². The quantitative estimate of drug-likeness (QED) is 0.579. The van der Waals surface area contributed by atoms with Crippen LogP contribution in [0.4, 0.5) is 5.95 Å². The summed E-state index contributed by atoms with van der Waals surface area (Å²) in [5.41, 5.74) is 1.74. The number of fused-ring (bicyclic) bond motifs is 1. The van der Waals surface area contributed by atoms with E-state index in [1.54, 1.807) is 32.4 Å². The van der Waals surface area contributed by atoms with Crippen molar-refractivity contribution in [1.29, 1.82) is 0 Å². The van der Waals surface area contributed by atoms with Crippen molar-refractivity contribution in [3.05, 3.63) is 57.9 Å². The number of hydrogen-bond acceptors (Lipinski definition) is 7. The predicted molar refractivity (Wildman–Crippen MR) is 121 cm³/mol. The zero-order valence-corrected chi connectivity index (χ0v) is 18.1. The van der Waals surface area contributed by atoms with Crippen molar-refractivity contribution >= 4 is 22.8 Å². The molecule has 2 aromatic carbocycles. The molecule has 0 bridgehead atoms. The van der Waals surface area contributed by atoms with E-state index in [0.717, 1.165) is 5.56 Å². The van der Waals surface area contributed by atoms with E-state index >= 15 is 0 Å². The summed E-state index contributed by atoms with van der Waals surface area (Å²) in [4.78, 5) is 34.5. The highest BCUT2D eigenvalue weighted by Crippen LogP contribution is 2.27. The smallest absolute Gasteiger partial charge is 0.260 e. The number of amides is 1. The molecule has 9 nitrogen and oxygen atoms in total. The third-order valence-corrected chi connectivity index (χ3v) is 5.41. The fourth-order valence-corrected chi connectivity index (χ4v) is 3.65. The van der Waals surface area contributed by atoms with Gasteiger partial charge in [0.1, 0.15) is 0 Å². The molecule has 1 fully saturated rings. The largest absolute Gasteiger partial charge is 0.493 e. The predicted octanol–water partition coefficient (Wildman–Crippen LogP) is 1.75. The van der Waals surface area contributed by atoms with Gasteiger partial charge in [-0.25, -0.2) is 4.98 Å². The number of carbonyl (C=O) groups excluding carboxylic acids is 1. The first-order valence-electron chi connectivity index (χ1n) is 10.4. The molecule has 9 heteroatoms.